The number of primary amides is 1. The number of carbonyl (C=O) groups excluding carboxylic acids is 2. The van der Waals surface area contributed by atoms with Gasteiger partial charge in [-0.3, -0.25) is 14.0 Å². The number of hydrogen-bond acceptors (Lipinski definition) is 6. The van der Waals surface area contributed by atoms with Crippen molar-refractivity contribution in [3.05, 3.63) is 17.5 Å². The third-order valence-electron chi connectivity index (χ3n) is 4.14. The van der Waals surface area contributed by atoms with Gasteiger partial charge in [-0.1, -0.05) is 11.8 Å². The van der Waals surface area contributed by atoms with Crippen LogP contribution in [0.15, 0.2) is 11.2 Å². The molecule has 2 N–H and O–H groups in total. The third-order valence-corrected chi connectivity index (χ3v) is 5.05. The number of aryl methyl sites for hydroxylation is 2. The molecule has 0 unspecified atom stereocenters. The summed E-state index contributed by atoms with van der Waals surface area (Å²) in [6, 6.07) is 1.45. The first kappa shape index (κ1) is 16.7. The van der Waals surface area contributed by atoms with Crippen LogP contribution in [-0.4, -0.2) is 54.6 Å². The standard InChI is InChI=1S/C15H20N6O2S/c1-9-7-10(2)21-14(17-9)18-19-15(21)24-8-12(22)20-6-4-3-5-11(20)13(16)23/h7,11H,3-6,8H2,1-2H3,(H2,16,23)/t11-/m1/s1. The van der Waals surface area contributed by atoms with Crippen molar-refractivity contribution in [3.8, 4) is 0 Å². The highest BCUT2D eigenvalue weighted by atomic mass is 32.2. The molecule has 24 heavy (non-hydrogen) atoms. The molecule has 3 heterocycles. The summed E-state index contributed by atoms with van der Waals surface area (Å²) in [6.07, 6.45) is 2.46. The van der Waals surface area contributed by atoms with E-state index < -0.39 is 11.9 Å². The van der Waals surface area contributed by atoms with Gasteiger partial charge in [-0.15, -0.1) is 10.2 Å². The van der Waals surface area contributed by atoms with Crippen molar-refractivity contribution < 1.29 is 9.59 Å². The van der Waals surface area contributed by atoms with Gasteiger partial charge in [0.1, 0.15) is 6.04 Å². The fourth-order valence-corrected chi connectivity index (χ4v) is 3.90. The van der Waals surface area contributed by atoms with Crippen molar-refractivity contribution in [2.45, 2.75) is 44.3 Å². The summed E-state index contributed by atoms with van der Waals surface area (Å²) in [6.45, 7) is 4.43. The molecule has 9 heteroatoms. The molecular weight excluding hydrogens is 328 g/mol. The van der Waals surface area contributed by atoms with E-state index in [4.69, 9.17) is 5.73 Å². The Morgan fingerprint density at radius 2 is 2.12 bits per heavy atom. The van der Waals surface area contributed by atoms with Gasteiger partial charge in [0, 0.05) is 17.9 Å². The van der Waals surface area contributed by atoms with E-state index >= 15 is 0 Å². The Balaban J connectivity index is 1.73. The van der Waals surface area contributed by atoms with Gasteiger partial charge in [-0.05, 0) is 39.2 Å². The predicted molar refractivity (Wildman–Crippen MR) is 89.5 cm³/mol. The average molecular weight is 348 g/mol. The molecule has 3 rings (SSSR count). The summed E-state index contributed by atoms with van der Waals surface area (Å²) in [7, 11) is 0. The summed E-state index contributed by atoms with van der Waals surface area (Å²) in [4.78, 5) is 30.0. The Bertz CT molecular complexity index is 790. The number of thioether (sulfide) groups is 1. The Kier molecular flexibility index (Phi) is 4.70. The molecule has 2 amide bonds. The summed E-state index contributed by atoms with van der Waals surface area (Å²) in [5, 5.41) is 8.80. The molecule has 0 bridgehead atoms. The second-order valence-electron chi connectivity index (χ2n) is 5.95. The zero-order valence-electron chi connectivity index (χ0n) is 13.7. The molecule has 0 aromatic carbocycles. The number of hydrogen-bond donors (Lipinski definition) is 1. The van der Waals surface area contributed by atoms with Crippen LogP contribution in [0.2, 0.25) is 0 Å². The van der Waals surface area contributed by atoms with Crippen molar-refractivity contribution in [2.75, 3.05) is 12.3 Å². The molecule has 2 aromatic rings. The lowest BCUT2D eigenvalue weighted by Gasteiger charge is -2.33. The Morgan fingerprint density at radius 1 is 1.33 bits per heavy atom. The molecule has 1 atom stereocenters. The number of amides is 2. The van der Waals surface area contributed by atoms with Gasteiger partial charge in [0.2, 0.25) is 11.8 Å². The first-order valence-electron chi connectivity index (χ1n) is 7.88. The van der Waals surface area contributed by atoms with Crippen LogP contribution in [0, 0.1) is 13.8 Å². The lowest BCUT2D eigenvalue weighted by atomic mass is 10.0. The molecule has 1 fully saturated rings. The van der Waals surface area contributed by atoms with Gasteiger partial charge in [-0.25, -0.2) is 4.98 Å². The number of likely N-dealkylation sites (tertiary alicyclic amines) is 1. The van der Waals surface area contributed by atoms with E-state index in [0.717, 1.165) is 24.2 Å². The van der Waals surface area contributed by atoms with Crippen LogP contribution in [-0.2, 0) is 9.59 Å². The second-order valence-corrected chi connectivity index (χ2v) is 6.89. The Hall–Kier alpha value is -2.16. The molecule has 0 aliphatic carbocycles. The van der Waals surface area contributed by atoms with E-state index in [0.29, 0.717) is 23.9 Å². The van der Waals surface area contributed by atoms with E-state index in [2.05, 4.69) is 15.2 Å². The molecule has 0 saturated carbocycles. The number of piperidine rings is 1. The van der Waals surface area contributed by atoms with Gasteiger partial charge in [-0.2, -0.15) is 0 Å². The largest absolute Gasteiger partial charge is 0.368 e. The predicted octanol–water partition coefficient (Wildman–Crippen LogP) is 0.700. The van der Waals surface area contributed by atoms with Crippen molar-refractivity contribution in [3.63, 3.8) is 0 Å². The molecule has 8 nitrogen and oxygen atoms in total. The van der Waals surface area contributed by atoms with Crippen LogP contribution >= 0.6 is 11.8 Å². The van der Waals surface area contributed by atoms with Gasteiger partial charge in [0.05, 0.1) is 5.75 Å². The number of fused-ring (bicyclic) bond motifs is 1. The number of carbonyl (C=O) groups is 2. The van der Waals surface area contributed by atoms with Gasteiger partial charge >= 0.3 is 0 Å². The van der Waals surface area contributed by atoms with Crippen molar-refractivity contribution >= 4 is 29.4 Å². The van der Waals surface area contributed by atoms with Crippen LogP contribution in [0.25, 0.3) is 5.78 Å². The lowest BCUT2D eigenvalue weighted by Crippen LogP contribution is -2.51. The first-order valence-corrected chi connectivity index (χ1v) is 8.87. The van der Waals surface area contributed by atoms with E-state index in [1.807, 2.05) is 24.3 Å². The number of nitrogens with zero attached hydrogens (tertiary/aromatic N) is 5. The zero-order chi connectivity index (χ0) is 17.3. The monoisotopic (exact) mass is 348 g/mol. The maximum absolute atomic E-state index is 12.5. The minimum absolute atomic E-state index is 0.0991. The van der Waals surface area contributed by atoms with Crippen LogP contribution in [0.4, 0.5) is 0 Å². The molecule has 2 aromatic heterocycles. The van der Waals surface area contributed by atoms with Gasteiger partial charge < -0.3 is 10.6 Å². The van der Waals surface area contributed by atoms with Crippen LogP contribution in [0.1, 0.15) is 30.7 Å². The van der Waals surface area contributed by atoms with Gasteiger partial charge in [0.25, 0.3) is 5.78 Å². The first-order chi connectivity index (χ1) is 11.5. The summed E-state index contributed by atoms with van der Waals surface area (Å²) in [5.41, 5.74) is 7.26. The average Bonchev–Trinajstić information content (AvgIpc) is 2.95. The van der Waals surface area contributed by atoms with Crippen LogP contribution in [0.3, 0.4) is 0 Å². The summed E-state index contributed by atoms with van der Waals surface area (Å²) >= 11 is 1.30. The number of nitrogens with two attached hydrogens (primary N) is 1. The van der Waals surface area contributed by atoms with Crippen LogP contribution in [0.5, 0.6) is 0 Å². The molecule has 0 radical (unpaired) electrons. The Labute approximate surface area is 143 Å². The number of aromatic nitrogens is 4. The Morgan fingerprint density at radius 3 is 2.88 bits per heavy atom. The smallest absolute Gasteiger partial charge is 0.256 e. The maximum atomic E-state index is 12.5. The van der Waals surface area contributed by atoms with E-state index in [1.54, 1.807) is 4.90 Å². The van der Waals surface area contributed by atoms with Crippen molar-refractivity contribution in [1.29, 1.82) is 0 Å². The molecular formula is C15H20N6O2S. The molecule has 1 aliphatic heterocycles. The van der Waals surface area contributed by atoms with E-state index in [9.17, 15) is 9.59 Å². The molecule has 0 spiro atoms. The minimum Gasteiger partial charge on any atom is -0.368 e. The topological polar surface area (TPSA) is 106 Å². The quantitative estimate of drug-likeness (QED) is 0.815. The lowest BCUT2D eigenvalue weighted by molar-refractivity contribution is -0.138. The molecule has 128 valence electrons. The highest BCUT2D eigenvalue weighted by Crippen LogP contribution is 2.22. The fraction of sp³-hybridized carbons (Fsp3) is 0.533. The zero-order valence-corrected chi connectivity index (χ0v) is 14.5. The fourth-order valence-electron chi connectivity index (χ4n) is 3.03. The SMILES string of the molecule is Cc1cc(C)n2c(SCC(=O)N3CCCC[C@@H]3C(N)=O)nnc2n1. The minimum atomic E-state index is -0.493. The van der Waals surface area contributed by atoms with Crippen LogP contribution < -0.4 is 5.73 Å². The normalized spacial score (nSPS) is 18.1. The molecule has 1 saturated heterocycles. The highest BCUT2D eigenvalue weighted by Gasteiger charge is 2.30. The van der Waals surface area contributed by atoms with E-state index in [-0.39, 0.29) is 11.7 Å². The van der Waals surface area contributed by atoms with E-state index in [1.165, 1.54) is 11.8 Å². The molecule has 1 aliphatic rings. The van der Waals surface area contributed by atoms with Gasteiger partial charge in [0.15, 0.2) is 5.16 Å². The van der Waals surface area contributed by atoms with Crippen molar-refractivity contribution in [1.82, 2.24) is 24.5 Å². The number of rotatable bonds is 4. The maximum Gasteiger partial charge on any atom is 0.256 e. The summed E-state index contributed by atoms with van der Waals surface area (Å²) < 4.78 is 1.83. The second kappa shape index (κ2) is 6.76. The third kappa shape index (κ3) is 3.21. The summed E-state index contributed by atoms with van der Waals surface area (Å²) in [5.74, 6) is 0.183. The van der Waals surface area contributed by atoms with Crippen molar-refractivity contribution in [2.24, 2.45) is 5.73 Å². The highest BCUT2D eigenvalue weighted by molar-refractivity contribution is 7.99.